The van der Waals surface area contributed by atoms with E-state index in [4.69, 9.17) is 5.10 Å². The SMILES string of the molecule is CCC(=O)N1c2ccc(Br)cc2-c2c(=O)[nH]c(SC)n[n+]2[C@H]1c1ccc(CC)cc1. The van der Waals surface area contributed by atoms with Crippen molar-refractivity contribution in [3.8, 4) is 11.3 Å². The van der Waals surface area contributed by atoms with Crippen molar-refractivity contribution in [1.82, 2.24) is 10.1 Å². The van der Waals surface area contributed by atoms with Crippen molar-refractivity contribution >= 4 is 39.3 Å². The van der Waals surface area contributed by atoms with Gasteiger partial charge in [0.25, 0.3) is 6.17 Å². The molecule has 1 aromatic heterocycles. The standard InChI is InChI=1S/C22H21BrN4O2S/c1-4-13-6-8-14(9-7-13)21-26(18(28)5-2)17-11-10-15(23)12-16(17)19-20(29)24-22(30-3)25-27(19)21/h6-12,21H,4-5H2,1-3H3/p+1/t21-/m0/s1. The lowest BCUT2D eigenvalue weighted by Crippen LogP contribution is -2.60. The predicted molar refractivity (Wildman–Crippen MR) is 122 cm³/mol. The number of halogens is 1. The second kappa shape index (κ2) is 8.35. The Bertz CT molecular complexity index is 1180. The molecule has 1 atom stereocenters. The number of hydrogen-bond donors (Lipinski definition) is 1. The number of H-pyrrole nitrogens is 1. The summed E-state index contributed by atoms with van der Waals surface area (Å²) in [6.45, 7) is 3.95. The summed E-state index contributed by atoms with van der Waals surface area (Å²) < 4.78 is 2.52. The zero-order chi connectivity index (χ0) is 21.4. The molecule has 1 aliphatic rings. The van der Waals surface area contributed by atoms with Gasteiger partial charge in [0.15, 0.2) is 0 Å². The van der Waals surface area contributed by atoms with Gasteiger partial charge in [-0.3, -0.25) is 14.6 Å². The van der Waals surface area contributed by atoms with E-state index in [0.29, 0.717) is 28.5 Å². The predicted octanol–water partition coefficient (Wildman–Crippen LogP) is 4.07. The Morgan fingerprint density at radius 1 is 1.23 bits per heavy atom. The lowest BCUT2D eigenvalue weighted by Gasteiger charge is -2.32. The fraction of sp³-hybridized carbons (Fsp3) is 0.273. The molecule has 0 fully saturated rings. The highest BCUT2D eigenvalue weighted by Crippen LogP contribution is 2.39. The number of aromatic nitrogens is 3. The summed E-state index contributed by atoms with van der Waals surface area (Å²) in [7, 11) is 0. The van der Waals surface area contributed by atoms with Crippen molar-refractivity contribution in [1.29, 1.82) is 0 Å². The molecule has 2 aromatic carbocycles. The lowest BCUT2D eigenvalue weighted by atomic mass is 10.00. The quantitative estimate of drug-likeness (QED) is 0.446. The topological polar surface area (TPSA) is 69.9 Å². The summed E-state index contributed by atoms with van der Waals surface area (Å²) >= 11 is 4.85. The number of thioether (sulfide) groups is 1. The third-order valence-corrected chi connectivity index (χ3v) is 6.33. The first-order valence-corrected chi connectivity index (χ1v) is 11.8. The summed E-state index contributed by atoms with van der Waals surface area (Å²) in [6.07, 6.45) is 2.59. The summed E-state index contributed by atoms with van der Waals surface area (Å²) in [6, 6.07) is 13.8. The number of benzene rings is 2. The smallest absolute Gasteiger partial charge is 0.291 e. The number of carbonyl (C=O) groups excluding carboxylic acids is 1. The van der Waals surface area contributed by atoms with Crippen LogP contribution in [0.2, 0.25) is 0 Å². The van der Waals surface area contributed by atoms with Crippen LogP contribution < -0.4 is 15.1 Å². The molecule has 0 unspecified atom stereocenters. The number of carbonyl (C=O) groups is 1. The Kier molecular flexibility index (Phi) is 5.79. The number of nitrogens with one attached hydrogen (secondary N) is 1. The van der Waals surface area contributed by atoms with Crippen LogP contribution in [0.3, 0.4) is 0 Å². The Balaban J connectivity index is 2.06. The Labute approximate surface area is 187 Å². The number of aromatic amines is 1. The van der Waals surface area contributed by atoms with E-state index in [0.717, 1.165) is 16.5 Å². The maximum absolute atomic E-state index is 13.2. The summed E-state index contributed by atoms with van der Waals surface area (Å²) in [4.78, 5) is 30.9. The first-order chi connectivity index (χ1) is 14.5. The van der Waals surface area contributed by atoms with Crippen LogP contribution in [0.1, 0.15) is 37.6 Å². The van der Waals surface area contributed by atoms with Gasteiger partial charge in [-0.2, -0.15) is 0 Å². The average molecular weight is 486 g/mol. The van der Waals surface area contributed by atoms with Crippen LogP contribution in [-0.2, 0) is 11.2 Å². The second-order valence-electron chi connectivity index (χ2n) is 7.00. The van der Waals surface area contributed by atoms with E-state index in [1.54, 1.807) is 9.58 Å². The van der Waals surface area contributed by atoms with E-state index in [1.807, 2.05) is 43.5 Å². The van der Waals surface area contributed by atoms with Crippen molar-refractivity contribution in [2.45, 2.75) is 38.0 Å². The molecule has 0 radical (unpaired) electrons. The second-order valence-corrected chi connectivity index (χ2v) is 8.71. The molecule has 0 spiro atoms. The monoisotopic (exact) mass is 485 g/mol. The molecule has 0 saturated heterocycles. The van der Waals surface area contributed by atoms with Crippen molar-refractivity contribution in [3.63, 3.8) is 0 Å². The van der Waals surface area contributed by atoms with Crippen molar-refractivity contribution in [2.75, 3.05) is 11.2 Å². The minimum Gasteiger partial charge on any atom is -0.291 e. The Hall–Kier alpha value is -2.45. The van der Waals surface area contributed by atoms with Gasteiger partial charge in [0, 0.05) is 21.6 Å². The van der Waals surface area contributed by atoms with Crippen molar-refractivity contribution in [2.24, 2.45) is 0 Å². The molecule has 0 bridgehead atoms. The number of aryl methyl sites for hydroxylation is 1. The van der Waals surface area contributed by atoms with Gasteiger partial charge in [-0.1, -0.05) is 53.7 Å². The molecular weight excluding hydrogens is 464 g/mol. The first-order valence-electron chi connectivity index (χ1n) is 9.79. The maximum Gasteiger partial charge on any atom is 0.325 e. The number of rotatable bonds is 4. The fourth-order valence-electron chi connectivity index (χ4n) is 3.75. The van der Waals surface area contributed by atoms with Gasteiger partial charge < -0.3 is 0 Å². The molecule has 8 heteroatoms. The van der Waals surface area contributed by atoms with E-state index in [1.165, 1.54) is 17.3 Å². The number of anilines is 1. The van der Waals surface area contributed by atoms with Gasteiger partial charge in [0.05, 0.1) is 11.3 Å². The number of fused-ring (bicyclic) bond motifs is 3. The highest BCUT2D eigenvalue weighted by molar-refractivity contribution is 9.10. The lowest BCUT2D eigenvalue weighted by molar-refractivity contribution is -0.763. The Morgan fingerprint density at radius 3 is 2.60 bits per heavy atom. The summed E-state index contributed by atoms with van der Waals surface area (Å²) in [5, 5.41) is 5.20. The maximum atomic E-state index is 13.2. The summed E-state index contributed by atoms with van der Waals surface area (Å²) in [5.74, 6) is -0.0333. The third-order valence-electron chi connectivity index (χ3n) is 5.26. The van der Waals surface area contributed by atoms with E-state index < -0.39 is 6.17 Å². The van der Waals surface area contributed by atoms with E-state index in [-0.39, 0.29) is 11.5 Å². The summed E-state index contributed by atoms with van der Waals surface area (Å²) in [5.41, 5.74) is 3.70. The van der Waals surface area contributed by atoms with E-state index in [9.17, 15) is 9.59 Å². The van der Waals surface area contributed by atoms with Crippen LogP contribution in [-0.4, -0.2) is 22.2 Å². The number of hydrogen-bond acceptors (Lipinski definition) is 4. The molecule has 30 heavy (non-hydrogen) atoms. The molecule has 2 heterocycles. The highest BCUT2D eigenvalue weighted by atomic mass is 79.9. The van der Waals surface area contributed by atoms with Crippen LogP contribution in [0, 0.1) is 0 Å². The van der Waals surface area contributed by atoms with Gasteiger partial charge >= 0.3 is 11.3 Å². The highest BCUT2D eigenvalue weighted by Gasteiger charge is 2.45. The van der Waals surface area contributed by atoms with Crippen LogP contribution >= 0.6 is 27.7 Å². The molecule has 6 nitrogen and oxygen atoms in total. The zero-order valence-electron chi connectivity index (χ0n) is 17.0. The fourth-order valence-corrected chi connectivity index (χ4v) is 4.48. The van der Waals surface area contributed by atoms with Crippen LogP contribution in [0.4, 0.5) is 5.69 Å². The minimum atomic E-state index is -0.541. The molecule has 3 aromatic rings. The van der Waals surface area contributed by atoms with Gasteiger partial charge in [0.2, 0.25) is 11.1 Å². The molecule has 1 N–H and O–H groups in total. The number of amides is 1. The zero-order valence-corrected chi connectivity index (χ0v) is 19.4. The third kappa shape index (κ3) is 3.48. The van der Waals surface area contributed by atoms with Gasteiger partial charge in [-0.15, -0.1) is 0 Å². The molecule has 4 rings (SSSR count). The van der Waals surface area contributed by atoms with E-state index >= 15 is 0 Å². The largest absolute Gasteiger partial charge is 0.325 e. The minimum absolute atomic E-state index is 0.0333. The number of nitrogens with zero attached hydrogens (tertiary/aromatic N) is 3. The van der Waals surface area contributed by atoms with Crippen LogP contribution in [0.25, 0.3) is 11.3 Å². The van der Waals surface area contributed by atoms with Crippen molar-refractivity contribution in [3.05, 3.63) is 68.4 Å². The first kappa shape index (κ1) is 20.8. The normalized spacial score (nSPS) is 14.9. The van der Waals surface area contributed by atoms with Crippen molar-refractivity contribution < 1.29 is 9.48 Å². The average Bonchev–Trinajstić information content (AvgIpc) is 2.77. The Morgan fingerprint density at radius 2 is 1.97 bits per heavy atom. The van der Waals surface area contributed by atoms with Gasteiger partial charge in [-0.25, -0.2) is 4.90 Å². The van der Waals surface area contributed by atoms with E-state index in [2.05, 4.69) is 40.0 Å². The molecule has 154 valence electrons. The van der Waals surface area contributed by atoms with Gasteiger partial charge in [0.1, 0.15) is 0 Å². The van der Waals surface area contributed by atoms with Crippen LogP contribution in [0.5, 0.6) is 0 Å². The molecule has 0 aliphatic carbocycles. The molecule has 1 amide bonds. The van der Waals surface area contributed by atoms with Crippen LogP contribution in [0.15, 0.2) is 56.9 Å². The van der Waals surface area contributed by atoms with Gasteiger partial charge in [-0.05, 0) is 53.3 Å². The molecule has 1 aliphatic heterocycles. The molecular formula is C22H22BrN4O2S+. The molecule has 0 saturated carbocycles.